The molecule has 0 aliphatic heterocycles. The van der Waals surface area contributed by atoms with Crippen LogP contribution in [0.3, 0.4) is 0 Å². The maximum atomic E-state index is 12.8. The van der Waals surface area contributed by atoms with Gasteiger partial charge in [0.05, 0.1) is 0 Å². The molecule has 0 aromatic heterocycles. The molecular weight excluding hydrogens is 829 g/mol. The average molecular weight is 936 g/mol. The highest BCUT2D eigenvalue weighted by Crippen LogP contribution is 2.14. The van der Waals surface area contributed by atoms with Crippen LogP contribution in [-0.4, -0.2) is 37.2 Å². The number of carbonyl (C=O) groups is 3. The van der Waals surface area contributed by atoms with Crippen LogP contribution in [0.5, 0.6) is 0 Å². The van der Waals surface area contributed by atoms with E-state index in [4.69, 9.17) is 14.2 Å². The van der Waals surface area contributed by atoms with E-state index in [1.165, 1.54) is 135 Å². The molecule has 1 atom stereocenters. The van der Waals surface area contributed by atoms with Crippen LogP contribution in [-0.2, 0) is 28.6 Å². The van der Waals surface area contributed by atoms with Gasteiger partial charge in [0.25, 0.3) is 0 Å². The standard InChI is InChI=1S/C61H106O6/c1-4-7-10-13-16-18-20-22-24-26-28-30-32-34-36-38-40-42-45-48-51-54-60(63)66-57-58(56-65-59(62)53-50-47-44-15-12-9-6-3)67-61(64)55-52-49-46-43-41-39-37-35-33-31-29-27-25-23-21-19-17-14-11-8-5-2/h20-23,26-29,32-35,58H,4-19,24-25,30-31,36-57H2,1-3H3/b22-20-,23-21-,28-26-,29-27-,34-32-,35-33-. The van der Waals surface area contributed by atoms with Crippen LogP contribution in [0.2, 0.25) is 0 Å². The van der Waals surface area contributed by atoms with E-state index < -0.39 is 6.10 Å². The molecule has 67 heavy (non-hydrogen) atoms. The minimum Gasteiger partial charge on any atom is -0.462 e. The zero-order chi connectivity index (χ0) is 48.6. The second kappa shape index (κ2) is 55.4. The highest BCUT2D eigenvalue weighted by Gasteiger charge is 2.19. The maximum absolute atomic E-state index is 12.8. The highest BCUT2D eigenvalue weighted by molar-refractivity contribution is 5.71. The van der Waals surface area contributed by atoms with Gasteiger partial charge >= 0.3 is 17.9 Å². The van der Waals surface area contributed by atoms with E-state index >= 15 is 0 Å². The van der Waals surface area contributed by atoms with Crippen molar-refractivity contribution in [2.24, 2.45) is 0 Å². The second-order valence-corrected chi connectivity index (χ2v) is 18.8. The Bertz CT molecular complexity index is 1260. The fourth-order valence-corrected chi connectivity index (χ4v) is 7.87. The molecule has 386 valence electrons. The Kier molecular flexibility index (Phi) is 52.8. The smallest absolute Gasteiger partial charge is 0.306 e. The lowest BCUT2D eigenvalue weighted by molar-refractivity contribution is -0.167. The molecule has 6 heteroatoms. The Morgan fingerprint density at radius 2 is 0.537 bits per heavy atom. The molecule has 0 radical (unpaired) electrons. The van der Waals surface area contributed by atoms with Gasteiger partial charge < -0.3 is 14.2 Å². The van der Waals surface area contributed by atoms with E-state index in [1.807, 2.05) is 0 Å². The summed E-state index contributed by atoms with van der Waals surface area (Å²) in [4.78, 5) is 37.9. The lowest BCUT2D eigenvalue weighted by Crippen LogP contribution is -2.30. The van der Waals surface area contributed by atoms with Crippen LogP contribution < -0.4 is 0 Å². The molecule has 0 rings (SSSR count). The summed E-state index contributed by atoms with van der Waals surface area (Å²) in [7, 11) is 0. The predicted octanol–water partition coefficient (Wildman–Crippen LogP) is 19.0. The molecule has 1 unspecified atom stereocenters. The molecule has 0 fully saturated rings. The number of esters is 3. The number of carbonyl (C=O) groups excluding carboxylic acids is 3. The van der Waals surface area contributed by atoms with E-state index in [9.17, 15) is 14.4 Å². The van der Waals surface area contributed by atoms with E-state index in [-0.39, 0.29) is 31.1 Å². The summed E-state index contributed by atoms with van der Waals surface area (Å²) in [5.74, 6) is -0.912. The van der Waals surface area contributed by atoms with Gasteiger partial charge in [-0.05, 0) is 96.3 Å². The van der Waals surface area contributed by atoms with Crippen molar-refractivity contribution in [1.29, 1.82) is 0 Å². The molecule has 0 bridgehead atoms. The van der Waals surface area contributed by atoms with Crippen LogP contribution >= 0.6 is 0 Å². The Balaban J connectivity index is 4.27. The first-order chi connectivity index (χ1) is 33.0. The third kappa shape index (κ3) is 53.7. The fraction of sp³-hybridized carbons (Fsp3) is 0.754. The number of hydrogen-bond donors (Lipinski definition) is 0. The van der Waals surface area contributed by atoms with Gasteiger partial charge in [-0.25, -0.2) is 0 Å². The van der Waals surface area contributed by atoms with Gasteiger partial charge in [-0.3, -0.25) is 14.4 Å². The SMILES string of the molecule is CCCCCCC/C=C\C/C=C\C/C=C\CCCCCCCCC(=O)OCC(COC(=O)CCCCCCCCC)OC(=O)CCCCCCCC/C=C\C/C=C\C/C=C\CCCCCCC. The average Bonchev–Trinajstić information content (AvgIpc) is 3.33. The monoisotopic (exact) mass is 935 g/mol. The number of rotatable bonds is 51. The summed E-state index contributed by atoms with van der Waals surface area (Å²) in [6.45, 7) is 6.56. The summed E-state index contributed by atoms with van der Waals surface area (Å²) >= 11 is 0. The van der Waals surface area contributed by atoms with Crippen LogP contribution in [0.1, 0.15) is 278 Å². The van der Waals surface area contributed by atoms with Gasteiger partial charge in [-0.15, -0.1) is 0 Å². The lowest BCUT2D eigenvalue weighted by atomic mass is 10.1. The van der Waals surface area contributed by atoms with E-state index in [0.29, 0.717) is 19.3 Å². The van der Waals surface area contributed by atoms with E-state index in [2.05, 4.69) is 93.7 Å². The zero-order valence-electron chi connectivity index (χ0n) is 44.2. The molecule has 0 saturated heterocycles. The number of ether oxygens (including phenoxy) is 3. The molecule has 0 aromatic rings. The van der Waals surface area contributed by atoms with E-state index in [0.717, 1.165) is 103 Å². The van der Waals surface area contributed by atoms with Crippen molar-refractivity contribution < 1.29 is 28.6 Å². The quantitative estimate of drug-likeness (QED) is 0.0262. The van der Waals surface area contributed by atoms with Crippen LogP contribution in [0.25, 0.3) is 0 Å². The second-order valence-electron chi connectivity index (χ2n) is 18.8. The number of unbranched alkanes of at least 4 members (excludes halogenated alkanes) is 28. The number of allylic oxidation sites excluding steroid dienone is 12. The van der Waals surface area contributed by atoms with Gasteiger partial charge in [0, 0.05) is 19.3 Å². The van der Waals surface area contributed by atoms with Gasteiger partial charge in [0.15, 0.2) is 6.10 Å². The molecule has 0 aliphatic rings. The van der Waals surface area contributed by atoms with Gasteiger partial charge in [0.1, 0.15) is 13.2 Å². The predicted molar refractivity (Wildman–Crippen MR) is 288 cm³/mol. The minimum atomic E-state index is -0.785. The third-order valence-corrected chi connectivity index (χ3v) is 12.2. The molecule has 0 aromatic carbocycles. The molecule has 0 saturated carbocycles. The molecular formula is C61H106O6. The van der Waals surface area contributed by atoms with Crippen LogP contribution in [0.4, 0.5) is 0 Å². The fourth-order valence-electron chi connectivity index (χ4n) is 7.87. The molecule has 0 amide bonds. The van der Waals surface area contributed by atoms with Gasteiger partial charge in [-0.1, -0.05) is 235 Å². The summed E-state index contributed by atoms with van der Waals surface area (Å²) in [5.41, 5.74) is 0. The Morgan fingerprint density at radius 1 is 0.299 bits per heavy atom. The van der Waals surface area contributed by atoms with Crippen molar-refractivity contribution in [3.05, 3.63) is 72.9 Å². The highest BCUT2D eigenvalue weighted by atomic mass is 16.6. The van der Waals surface area contributed by atoms with Gasteiger partial charge in [0.2, 0.25) is 0 Å². The van der Waals surface area contributed by atoms with Crippen LogP contribution in [0, 0.1) is 0 Å². The number of hydrogen-bond acceptors (Lipinski definition) is 6. The molecule has 0 aliphatic carbocycles. The zero-order valence-corrected chi connectivity index (χ0v) is 44.2. The third-order valence-electron chi connectivity index (χ3n) is 12.2. The first-order valence-electron chi connectivity index (χ1n) is 28.4. The summed E-state index contributed by atoms with van der Waals surface area (Å²) < 4.78 is 16.8. The first kappa shape index (κ1) is 63.8. The molecule has 0 heterocycles. The normalized spacial score (nSPS) is 12.6. The molecule has 0 spiro atoms. The Morgan fingerprint density at radius 3 is 0.836 bits per heavy atom. The maximum Gasteiger partial charge on any atom is 0.306 e. The van der Waals surface area contributed by atoms with Crippen molar-refractivity contribution in [2.75, 3.05) is 13.2 Å². The van der Waals surface area contributed by atoms with Crippen molar-refractivity contribution in [1.82, 2.24) is 0 Å². The van der Waals surface area contributed by atoms with Gasteiger partial charge in [-0.2, -0.15) is 0 Å². The summed E-state index contributed by atoms with van der Waals surface area (Å²) in [6, 6.07) is 0. The molecule has 6 nitrogen and oxygen atoms in total. The Hall–Kier alpha value is -3.15. The van der Waals surface area contributed by atoms with Crippen LogP contribution in [0.15, 0.2) is 72.9 Å². The molecule has 0 N–H and O–H groups in total. The summed E-state index contributed by atoms with van der Waals surface area (Å²) in [6.07, 6.45) is 70.5. The Labute approximate surface area is 414 Å². The van der Waals surface area contributed by atoms with Crippen molar-refractivity contribution in [3.8, 4) is 0 Å². The van der Waals surface area contributed by atoms with E-state index in [1.54, 1.807) is 0 Å². The van der Waals surface area contributed by atoms with Crippen molar-refractivity contribution in [3.63, 3.8) is 0 Å². The first-order valence-corrected chi connectivity index (χ1v) is 28.4. The van der Waals surface area contributed by atoms with Crippen molar-refractivity contribution in [2.45, 2.75) is 284 Å². The topological polar surface area (TPSA) is 78.9 Å². The van der Waals surface area contributed by atoms with Crippen molar-refractivity contribution >= 4 is 17.9 Å². The summed E-state index contributed by atoms with van der Waals surface area (Å²) in [5, 5.41) is 0. The largest absolute Gasteiger partial charge is 0.462 e. The minimum absolute atomic E-state index is 0.0847. The lowest BCUT2D eigenvalue weighted by Gasteiger charge is -2.18.